The molecule has 0 saturated carbocycles. The van der Waals surface area contributed by atoms with Crippen molar-refractivity contribution in [3.05, 3.63) is 72.9 Å². The molecule has 3 N–H and O–H groups in total. The molecule has 0 aliphatic heterocycles. The van der Waals surface area contributed by atoms with Crippen LogP contribution in [0.25, 0.3) is 0 Å². The number of unbranched alkanes of at least 4 members (excludes halogenated alkanes) is 23. The molecule has 0 fully saturated rings. The molecule has 0 aromatic rings. The van der Waals surface area contributed by atoms with Gasteiger partial charge in [0.2, 0.25) is 5.91 Å². The lowest BCUT2D eigenvalue weighted by atomic mass is 10.0. The first-order chi connectivity index (χ1) is 26.2. The van der Waals surface area contributed by atoms with E-state index in [-0.39, 0.29) is 12.5 Å². The normalized spacial score (nSPS) is 13.7. The molecule has 2 unspecified atom stereocenters. The standard InChI is InChI=1S/C49H87NO3/c1-3-5-7-9-11-13-15-17-19-21-22-23-24-25-26-27-28-29-31-33-35-37-39-41-43-45-49(53)50-47(46-51)48(52)44-42-40-38-36-34-32-30-20-18-16-14-12-10-8-6-4-2/h5,7,11,13,17,19,22-23,25-26,42,44,47-48,51-52H,3-4,6,8-10,12,14-16,18,20-21,24,27-41,43,45-46H2,1-2H3,(H,50,53)/b7-5-,13-11-,19-17-,23-22-,26-25-,44-42+. The fourth-order valence-electron chi connectivity index (χ4n) is 6.50. The predicted molar refractivity (Wildman–Crippen MR) is 234 cm³/mol. The number of carbonyl (C=O) groups excluding carboxylic acids is 1. The zero-order valence-electron chi connectivity index (χ0n) is 35.0. The highest BCUT2D eigenvalue weighted by Crippen LogP contribution is 2.14. The minimum atomic E-state index is -0.845. The topological polar surface area (TPSA) is 69.6 Å². The zero-order valence-corrected chi connectivity index (χ0v) is 35.0. The van der Waals surface area contributed by atoms with Crippen molar-refractivity contribution in [3.8, 4) is 0 Å². The Hall–Kier alpha value is -2.17. The van der Waals surface area contributed by atoms with Gasteiger partial charge in [0.1, 0.15) is 0 Å². The van der Waals surface area contributed by atoms with Gasteiger partial charge in [0, 0.05) is 6.42 Å². The summed E-state index contributed by atoms with van der Waals surface area (Å²) in [5, 5.41) is 23.0. The smallest absolute Gasteiger partial charge is 0.220 e. The molecular formula is C49H87NO3. The highest BCUT2D eigenvalue weighted by molar-refractivity contribution is 5.76. The molecule has 1 amide bonds. The van der Waals surface area contributed by atoms with Gasteiger partial charge in [-0.05, 0) is 64.2 Å². The van der Waals surface area contributed by atoms with Crippen LogP contribution in [-0.4, -0.2) is 34.9 Å². The summed E-state index contributed by atoms with van der Waals surface area (Å²) >= 11 is 0. The van der Waals surface area contributed by atoms with E-state index in [4.69, 9.17) is 0 Å². The molecule has 0 aliphatic rings. The summed E-state index contributed by atoms with van der Waals surface area (Å²) in [6.07, 6.45) is 62.9. The molecule has 0 aliphatic carbocycles. The lowest BCUT2D eigenvalue weighted by Crippen LogP contribution is -2.45. The number of hydrogen-bond acceptors (Lipinski definition) is 3. The molecule has 0 aromatic carbocycles. The third-order valence-electron chi connectivity index (χ3n) is 9.95. The molecule has 0 radical (unpaired) electrons. The molecule has 0 bridgehead atoms. The molecule has 2 atom stereocenters. The van der Waals surface area contributed by atoms with E-state index in [1.54, 1.807) is 6.08 Å². The first-order valence-electron chi connectivity index (χ1n) is 22.7. The summed E-state index contributed by atoms with van der Waals surface area (Å²) in [5.74, 6) is -0.0732. The first-order valence-corrected chi connectivity index (χ1v) is 22.7. The second kappa shape index (κ2) is 44.2. The molecule has 0 aromatic heterocycles. The van der Waals surface area contributed by atoms with Crippen LogP contribution in [0.3, 0.4) is 0 Å². The largest absolute Gasteiger partial charge is 0.394 e. The van der Waals surface area contributed by atoms with E-state index in [0.29, 0.717) is 6.42 Å². The highest BCUT2D eigenvalue weighted by Gasteiger charge is 2.17. The maximum Gasteiger partial charge on any atom is 0.220 e. The van der Waals surface area contributed by atoms with E-state index in [1.165, 1.54) is 135 Å². The summed E-state index contributed by atoms with van der Waals surface area (Å²) in [4.78, 5) is 12.4. The Labute approximate surface area is 329 Å². The molecule has 53 heavy (non-hydrogen) atoms. The average Bonchev–Trinajstić information content (AvgIpc) is 3.16. The Morgan fingerprint density at radius 3 is 1.25 bits per heavy atom. The molecule has 0 rings (SSSR count). The van der Waals surface area contributed by atoms with Gasteiger partial charge < -0.3 is 15.5 Å². The van der Waals surface area contributed by atoms with E-state index in [2.05, 4.69) is 79.9 Å². The van der Waals surface area contributed by atoms with Crippen molar-refractivity contribution in [3.63, 3.8) is 0 Å². The average molecular weight is 738 g/mol. The summed E-state index contributed by atoms with van der Waals surface area (Å²) in [7, 11) is 0. The van der Waals surface area contributed by atoms with Crippen LogP contribution in [0, 0.1) is 0 Å². The Morgan fingerprint density at radius 2 is 0.830 bits per heavy atom. The number of carbonyl (C=O) groups is 1. The lowest BCUT2D eigenvalue weighted by Gasteiger charge is -2.20. The van der Waals surface area contributed by atoms with E-state index in [9.17, 15) is 15.0 Å². The monoisotopic (exact) mass is 738 g/mol. The Morgan fingerprint density at radius 1 is 0.472 bits per heavy atom. The van der Waals surface area contributed by atoms with Gasteiger partial charge in [0.25, 0.3) is 0 Å². The van der Waals surface area contributed by atoms with E-state index in [0.717, 1.165) is 57.8 Å². The van der Waals surface area contributed by atoms with Crippen molar-refractivity contribution in [1.82, 2.24) is 5.32 Å². The van der Waals surface area contributed by atoms with Gasteiger partial charge in [-0.3, -0.25) is 4.79 Å². The number of aliphatic hydroxyl groups excluding tert-OH is 2. The van der Waals surface area contributed by atoms with Crippen LogP contribution in [0.2, 0.25) is 0 Å². The van der Waals surface area contributed by atoms with E-state index >= 15 is 0 Å². The van der Waals surface area contributed by atoms with Crippen molar-refractivity contribution in [2.75, 3.05) is 6.61 Å². The summed E-state index contributed by atoms with van der Waals surface area (Å²) in [6.45, 7) is 4.19. The van der Waals surface area contributed by atoms with Gasteiger partial charge in [-0.15, -0.1) is 0 Å². The van der Waals surface area contributed by atoms with Crippen LogP contribution < -0.4 is 5.32 Å². The van der Waals surface area contributed by atoms with Crippen molar-refractivity contribution in [1.29, 1.82) is 0 Å². The van der Waals surface area contributed by atoms with Gasteiger partial charge >= 0.3 is 0 Å². The summed E-state index contributed by atoms with van der Waals surface area (Å²) in [5.41, 5.74) is 0. The van der Waals surface area contributed by atoms with Crippen molar-refractivity contribution in [2.45, 2.75) is 225 Å². The minimum absolute atomic E-state index is 0.0732. The molecule has 4 nitrogen and oxygen atoms in total. The minimum Gasteiger partial charge on any atom is -0.394 e. The van der Waals surface area contributed by atoms with Crippen LogP contribution >= 0.6 is 0 Å². The SMILES string of the molecule is CC/C=C\C/C=C\C/C=C\C/C=C\C/C=C\CCCCCCCCCCCC(=O)NC(CO)C(O)/C=C/CCCCCCCCCCCCCCCC. The van der Waals surface area contributed by atoms with Gasteiger partial charge in [0.15, 0.2) is 0 Å². The number of allylic oxidation sites excluding steroid dienone is 11. The molecule has 0 spiro atoms. The number of hydrogen-bond donors (Lipinski definition) is 3. The van der Waals surface area contributed by atoms with Crippen LogP contribution in [-0.2, 0) is 4.79 Å². The lowest BCUT2D eigenvalue weighted by molar-refractivity contribution is -0.123. The predicted octanol–water partition coefficient (Wildman–Crippen LogP) is 14.3. The van der Waals surface area contributed by atoms with Gasteiger partial charge in [-0.25, -0.2) is 0 Å². The number of amides is 1. The fraction of sp³-hybridized carbons (Fsp3) is 0.735. The second-order valence-corrected chi connectivity index (χ2v) is 15.1. The van der Waals surface area contributed by atoms with Crippen molar-refractivity contribution < 1.29 is 15.0 Å². The Bertz CT molecular complexity index is 930. The van der Waals surface area contributed by atoms with E-state index < -0.39 is 12.1 Å². The van der Waals surface area contributed by atoms with Gasteiger partial charge in [-0.2, -0.15) is 0 Å². The van der Waals surface area contributed by atoms with Crippen LogP contribution in [0.1, 0.15) is 213 Å². The number of rotatable bonds is 40. The van der Waals surface area contributed by atoms with E-state index in [1.807, 2.05) is 6.08 Å². The quantitative estimate of drug-likeness (QED) is 0.0433. The maximum absolute atomic E-state index is 12.4. The fourth-order valence-corrected chi connectivity index (χ4v) is 6.50. The number of nitrogens with one attached hydrogen (secondary N) is 1. The van der Waals surface area contributed by atoms with Gasteiger partial charge in [-0.1, -0.05) is 215 Å². The van der Waals surface area contributed by atoms with Gasteiger partial charge in [0.05, 0.1) is 18.8 Å². The first kappa shape index (κ1) is 50.8. The van der Waals surface area contributed by atoms with Crippen LogP contribution in [0.15, 0.2) is 72.9 Å². The van der Waals surface area contributed by atoms with Crippen molar-refractivity contribution in [2.24, 2.45) is 0 Å². The third kappa shape index (κ3) is 40.8. The highest BCUT2D eigenvalue weighted by atomic mass is 16.3. The maximum atomic E-state index is 12.4. The summed E-state index contributed by atoms with van der Waals surface area (Å²) < 4.78 is 0. The molecule has 306 valence electrons. The zero-order chi connectivity index (χ0) is 38.6. The van der Waals surface area contributed by atoms with Crippen molar-refractivity contribution >= 4 is 5.91 Å². The summed E-state index contributed by atoms with van der Waals surface area (Å²) in [6, 6.07) is -0.629. The molecule has 4 heteroatoms. The molecule has 0 heterocycles. The molecule has 0 saturated heterocycles. The van der Waals surface area contributed by atoms with Crippen LogP contribution in [0.5, 0.6) is 0 Å². The molecular weight excluding hydrogens is 651 g/mol. The van der Waals surface area contributed by atoms with Crippen LogP contribution in [0.4, 0.5) is 0 Å². The Kier molecular flexibility index (Phi) is 42.4. The second-order valence-electron chi connectivity index (χ2n) is 15.1. The Balaban J connectivity index is 3.61. The third-order valence-corrected chi connectivity index (χ3v) is 9.95. The number of aliphatic hydroxyl groups is 2.